The van der Waals surface area contributed by atoms with Gasteiger partial charge in [-0.3, -0.25) is 14.4 Å². The lowest BCUT2D eigenvalue weighted by Crippen LogP contribution is -2.41. The third-order valence-corrected chi connectivity index (χ3v) is 5.00. The van der Waals surface area contributed by atoms with E-state index in [4.69, 9.17) is 11.6 Å². The van der Waals surface area contributed by atoms with Gasteiger partial charge in [0.15, 0.2) is 0 Å². The summed E-state index contributed by atoms with van der Waals surface area (Å²) in [5.74, 6) is -0.602. The molecule has 0 aliphatic carbocycles. The monoisotopic (exact) mass is 391 g/mol. The number of amides is 3. The fraction of sp³-hybridized carbons (Fsp3) is 0.450. The quantitative estimate of drug-likeness (QED) is 0.809. The van der Waals surface area contributed by atoms with Crippen LogP contribution in [0.25, 0.3) is 0 Å². The van der Waals surface area contributed by atoms with E-state index in [-0.39, 0.29) is 30.3 Å². The number of carbonyl (C=O) groups excluding carboxylic acids is 3. The van der Waals surface area contributed by atoms with Gasteiger partial charge in [-0.25, -0.2) is 0 Å². The van der Waals surface area contributed by atoms with Gasteiger partial charge >= 0.3 is 0 Å². The molecule has 2 N–H and O–H groups in total. The van der Waals surface area contributed by atoms with E-state index < -0.39 is 0 Å². The molecule has 1 aromatic carbocycles. The Morgan fingerprint density at radius 1 is 1.33 bits per heavy atom. The Kier molecular flexibility index (Phi) is 6.65. The molecule has 0 bridgehead atoms. The van der Waals surface area contributed by atoms with Crippen molar-refractivity contribution in [1.82, 2.24) is 10.6 Å². The number of hydrogen-bond donors (Lipinski definition) is 2. The maximum Gasteiger partial charge on any atom is 0.251 e. The van der Waals surface area contributed by atoms with Gasteiger partial charge in [-0.05, 0) is 51.8 Å². The van der Waals surface area contributed by atoms with Gasteiger partial charge in [0.2, 0.25) is 11.8 Å². The number of benzene rings is 1. The Balaban J connectivity index is 2.27. The summed E-state index contributed by atoms with van der Waals surface area (Å²) in [5.41, 5.74) is 3.23. The number of nitrogens with zero attached hydrogens (tertiary/aromatic N) is 1. The van der Waals surface area contributed by atoms with Crippen LogP contribution in [0.3, 0.4) is 0 Å². The Bertz CT molecular complexity index is 817. The molecule has 1 heterocycles. The molecule has 27 heavy (non-hydrogen) atoms. The standard InChI is InChI=1S/C20H26ClN3O3/c1-6-24(14(5)25)18-9-15(21)8-16(13(18)4)19(26)22-10-17-11(2)7-12(3)23-20(17)27/h8-9,12H,6-7,10H2,1-5H3,(H,22,26)(H,23,27). The summed E-state index contributed by atoms with van der Waals surface area (Å²) in [5, 5.41) is 6.06. The van der Waals surface area contributed by atoms with E-state index in [2.05, 4.69) is 10.6 Å². The normalized spacial score (nSPS) is 16.8. The first-order valence-electron chi connectivity index (χ1n) is 9.01. The lowest BCUT2D eigenvalue weighted by molar-refractivity contribution is -0.118. The molecule has 1 aliphatic rings. The van der Waals surface area contributed by atoms with Gasteiger partial charge in [0.25, 0.3) is 5.91 Å². The summed E-state index contributed by atoms with van der Waals surface area (Å²) in [6.45, 7) is 9.59. The fourth-order valence-electron chi connectivity index (χ4n) is 3.38. The predicted octanol–water partition coefficient (Wildman–Crippen LogP) is 2.98. The predicted molar refractivity (Wildman–Crippen MR) is 107 cm³/mol. The number of rotatable bonds is 5. The average Bonchev–Trinajstić information content (AvgIpc) is 2.56. The van der Waals surface area contributed by atoms with Crippen LogP contribution in [0.15, 0.2) is 23.3 Å². The van der Waals surface area contributed by atoms with Crippen molar-refractivity contribution in [2.75, 3.05) is 18.0 Å². The van der Waals surface area contributed by atoms with Crippen LogP contribution in [-0.4, -0.2) is 36.9 Å². The highest BCUT2D eigenvalue weighted by Gasteiger charge is 2.23. The zero-order valence-corrected chi connectivity index (χ0v) is 17.2. The van der Waals surface area contributed by atoms with Crippen LogP contribution in [0.2, 0.25) is 5.02 Å². The van der Waals surface area contributed by atoms with Gasteiger partial charge in [-0.15, -0.1) is 0 Å². The van der Waals surface area contributed by atoms with E-state index in [1.807, 2.05) is 20.8 Å². The molecule has 0 saturated carbocycles. The highest BCUT2D eigenvalue weighted by atomic mass is 35.5. The van der Waals surface area contributed by atoms with Crippen molar-refractivity contribution < 1.29 is 14.4 Å². The lowest BCUT2D eigenvalue weighted by Gasteiger charge is -2.25. The summed E-state index contributed by atoms with van der Waals surface area (Å²) < 4.78 is 0. The van der Waals surface area contributed by atoms with Crippen molar-refractivity contribution in [3.8, 4) is 0 Å². The van der Waals surface area contributed by atoms with Gasteiger partial charge in [0.05, 0.1) is 0 Å². The second kappa shape index (κ2) is 8.57. The second-order valence-corrected chi connectivity index (χ2v) is 7.32. The van der Waals surface area contributed by atoms with Crippen LogP contribution in [0.4, 0.5) is 5.69 Å². The van der Waals surface area contributed by atoms with Gasteiger partial charge in [-0.2, -0.15) is 0 Å². The molecule has 1 atom stereocenters. The van der Waals surface area contributed by atoms with Gasteiger partial charge in [0.1, 0.15) is 0 Å². The van der Waals surface area contributed by atoms with Crippen LogP contribution in [0, 0.1) is 6.92 Å². The number of anilines is 1. The van der Waals surface area contributed by atoms with Crippen LogP contribution >= 0.6 is 11.6 Å². The molecule has 0 saturated heterocycles. The minimum absolute atomic E-state index is 0.0984. The minimum Gasteiger partial charge on any atom is -0.349 e. The molecule has 1 aromatic rings. The van der Waals surface area contributed by atoms with Crippen LogP contribution in [0.1, 0.15) is 50.0 Å². The lowest BCUT2D eigenvalue weighted by atomic mass is 9.97. The third kappa shape index (κ3) is 4.69. The minimum atomic E-state index is -0.331. The number of halogens is 1. The summed E-state index contributed by atoms with van der Waals surface area (Å²) in [7, 11) is 0. The number of hydrogen-bond acceptors (Lipinski definition) is 3. The van der Waals surface area contributed by atoms with Crippen molar-refractivity contribution >= 4 is 35.0 Å². The molecule has 1 unspecified atom stereocenters. The molecular formula is C20H26ClN3O3. The maximum absolute atomic E-state index is 12.7. The summed E-state index contributed by atoms with van der Waals surface area (Å²) in [6.07, 6.45) is 0.765. The van der Waals surface area contributed by atoms with Crippen LogP contribution in [-0.2, 0) is 9.59 Å². The first-order valence-corrected chi connectivity index (χ1v) is 9.39. The SMILES string of the molecule is CCN(C(C)=O)c1cc(Cl)cc(C(=O)NCC2=C(C)CC(C)NC2=O)c1C. The van der Waals surface area contributed by atoms with Crippen molar-refractivity contribution in [2.24, 2.45) is 0 Å². The van der Waals surface area contributed by atoms with E-state index in [0.717, 1.165) is 12.0 Å². The van der Waals surface area contributed by atoms with E-state index in [1.165, 1.54) is 6.92 Å². The van der Waals surface area contributed by atoms with Crippen molar-refractivity contribution in [2.45, 2.75) is 47.1 Å². The summed E-state index contributed by atoms with van der Waals surface area (Å²) >= 11 is 6.19. The highest BCUT2D eigenvalue weighted by molar-refractivity contribution is 6.31. The molecule has 6 nitrogen and oxygen atoms in total. The molecule has 146 valence electrons. The van der Waals surface area contributed by atoms with E-state index in [1.54, 1.807) is 24.0 Å². The molecule has 2 rings (SSSR count). The highest BCUT2D eigenvalue weighted by Crippen LogP contribution is 2.28. The van der Waals surface area contributed by atoms with Gasteiger partial charge in [-0.1, -0.05) is 17.2 Å². The molecule has 1 aliphatic heterocycles. The first-order chi connectivity index (χ1) is 12.6. The second-order valence-electron chi connectivity index (χ2n) is 6.88. The topological polar surface area (TPSA) is 78.5 Å². The molecule has 0 aromatic heterocycles. The van der Waals surface area contributed by atoms with Crippen molar-refractivity contribution in [3.05, 3.63) is 39.4 Å². The number of nitrogens with one attached hydrogen (secondary N) is 2. The molecule has 3 amide bonds. The molecule has 0 radical (unpaired) electrons. The molecule has 0 spiro atoms. The first kappa shape index (κ1) is 21.0. The van der Waals surface area contributed by atoms with E-state index >= 15 is 0 Å². The zero-order chi connectivity index (χ0) is 20.3. The van der Waals surface area contributed by atoms with Gasteiger partial charge in [0, 0.05) is 47.9 Å². The largest absolute Gasteiger partial charge is 0.349 e. The Morgan fingerprint density at radius 3 is 2.56 bits per heavy atom. The molecule has 7 heteroatoms. The van der Waals surface area contributed by atoms with E-state index in [9.17, 15) is 14.4 Å². The smallest absolute Gasteiger partial charge is 0.251 e. The van der Waals surface area contributed by atoms with Crippen molar-refractivity contribution in [3.63, 3.8) is 0 Å². The van der Waals surface area contributed by atoms with Crippen molar-refractivity contribution in [1.29, 1.82) is 0 Å². The van der Waals surface area contributed by atoms with E-state index in [0.29, 0.717) is 34.0 Å². The number of carbonyl (C=O) groups is 3. The Hall–Kier alpha value is -2.34. The van der Waals surface area contributed by atoms with Gasteiger partial charge < -0.3 is 15.5 Å². The summed E-state index contributed by atoms with van der Waals surface area (Å²) in [6, 6.07) is 3.36. The summed E-state index contributed by atoms with van der Waals surface area (Å²) in [4.78, 5) is 38.4. The Morgan fingerprint density at radius 2 is 2.00 bits per heavy atom. The maximum atomic E-state index is 12.7. The molecular weight excluding hydrogens is 366 g/mol. The average molecular weight is 392 g/mol. The third-order valence-electron chi connectivity index (χ3n) is 4.78. The van der Waals surface area contributed by atoms with Crippen LogP contribution < -0.4 is 15.5 Å². The zero-order valence-electron chi connectivity index (χ0n) is 16.4. The molecule has 0 fully saturated rings. The Labute approximate surface area is 164 Å². The van der Waals surface area contributed by atoms with Crippen LogP contribution in [0.5, 0.6) is 0 Å². The fourth-order valence-corrected chi connectivity index (χ4v) is 3.59.